The Morgan fingerprint density at radius 2 is 1.88 bits per heavy atom. The van der Waals surface area contributed by atoms with Gasteiger partial charge in [0.2, 0.25) is 5.91 Å². The van der Waals surface area contributed by atoms with Crippen LogP contribution in [-0.4, -0.2) is 40.2 Å². The number of fused-ring (bicyclic) bond motifs is 4. The molecular weight excluding hydrogens is 328 g/mol. The predicted molar refractivity (Wildman–Crippen MR) is 100 cm³/mol. The fourth-order valence-electron chi connectivity index (χ4n) is 4.38. The van der Waals surface area contributed by atoms with Crippen LogP contribution in [0.4, 0.5) is 0 Å². The van der Waals surface area contributed by atoms with Crippen LogP contribution in [0.15, 0.2) is 41.2 Å². The van der Waals surface area contributed by atoms with Crippen LogP contribution in [0.2, 0.25) is 0 Å². The molecule has 2 aromatic rings. The lowest BCUT2D eigenvalue weighted by Gasteiger charge is -2.42. The highest BCUT2D eigenvalue weighted by Gasteiger charge is 2.35. The van der Waals surface area contributed by atoms with Crippen LogP contribution in [0.1, 0.15) is 30.5 Å². The van der Waals surface area contributed by atoms with E-state index < -0.39 is 0 Å². The van der Waals surface area contributed by atoms with Gasteiger partial charge in [0.1, 0.15) is 0 Å². The van der Waals surface area contributed by atoms with Gasteiger partial charge in [-0.2, -0.15) is 0 Å². The molecule has 0 radical (unpaired) electrons. The van der Waals surface area contributed by atoms with Gasteiger partial charge < -0.3 is 14.6 Å². The molecule has 2 aliphatic heterocycles. The number of amides is 1. The van der Waals surface area contributed by atoms with Gasteiger partial charge in [0.25, 0.3) is 5.56 Å². The number of aliphatic hydroxyl groups is 1. The number of nitrogens with zero attached hydrogens (tertiary/aromatic N) is 2. The molecule has 1 amide bonds. The lowest BCUT2D eigenvalue weighted by Crippen LogP contribution is -2.48. The number of hydrogen-bond donors (Lipinski definition) is 1. The maximum atomic E-state index is 12.7. The van der Waals surface area contributed by atoms with Gasteiger partial charge in [0.15, 0.2) is 0 Å². The molecule has 1 N–H and O–H groups in total. The van der Waals surface area contributed by atoms with Crippen LogP contribution >= 0.6 is 0 Å². The first-order chi connectivity index (χ1) is 12.5. The second-order valence-electron chi connectivity index (χ2n) is 7.51. The molecule has 2 atom stereocenters. The Kier molecular flexibility index (Phi) is 4.41. The van der Waals surface area contributed by atoms with Gasteiger partial charge in [-0.25, -0.2) is 0 Å². The first-order valence-corrected chi connectivity index (χ1v) is 9.25. The minimum absolute atomic E-state index is 0.0444. The van der Waals surface area contributed by atoms with Gasteiger partial charge in [-0.3, -0.25) is 9.59 Å². The van der Waals surface area contributed by atoms with Crippen LogP contribution in [0.25, 0.3) is 11.1 Å². The number of aliphatic hydroxyl groups excluding tert-OH is 1. The first kappa shape index (κ1) is 17.0. The smallest absolute Gasteiger partial charge is 0.251 e. The van der Waals surface area contributed by atoms with E-state index in [0.29, 0.717) is 25.4 Å². The summed E-state index contributed by atoms with van der Waals surface area (Å²) in [6, 6.07) is 11.8. The molecule has 1 aromatic heterocycles. The molecule has 1 saturated heterocycles. The van der Waals surface area contributed by atoms with Crippen molar-refractivity contribution in [2.24, 2.45) is 5.92 Å². The third-order valence-electron chi connectivity index (χ3n) is 5.69. The Bertz CT molecular complexity index is 885. The molecule has 0 aliphatic carbocycles. The number of rotatable bonds is 3. The topological polar surface area (TPSA) is 62.5 Å². The number of hydrogen-bond acceptors (Lipinski definition) is 3. The third kappa shape index (κ3) is 3.07. The van der Waals surface area contributed by atoms with Crippen molar-refractivity contribution in [3.05, 3.63) is 58.0 Å². The first-order valence-electron chi connectivity index (χ1n) is 9.25. The van der Waals surface area contributed by atoms with Crippen LogP contribution in [-0.2, 0) is 17.8 Å². The van der Waals surface area contributed by atoms with E-state index in [-0.39, 0.29) is 24.0 Å². The Labute approximate surface area is 152 Å². The highest BCUT2D eigenvalue weighted by molar-refractivity contribution is 5.73. The van der Waals surface area contributed by atoms with Crippen molar-refractivity contribution in [3.8, 4) is 11.1 Å². The monoisotopic (exact) mass is 352 g/mol. The van der Waals surface area contributed by atoms with E-state index in [1.807, 2.05) is 33.7 Å². The fraction of sp³-hybridized carbons (Fsp3) is 0.429. The number of benzene rings is 1. The van der Waals surface area contributed by atoms with E-state index in [2.05, 4.69) is 6.07 Å². The molecule has 2 bridgehead atoms. The predicted octanol–water partition coefficient (Wildman–Crippen LogP) is 2.02. The minimum atomic E-state index is 0.0444. The van der Waals surface area contributed by atoms with Crippen molar-refractivity contribution in [2.45, 2.75) is 32.2 Å². The number of carbonyl (C=O) groups excluding carboxylic acids is 1. The number of pyridine rings is 1. The summed E-state index contributed by atoms with van der Waals surface area (Å²) >= 11 is 0. The number of aromatic nitrogens is 1. The van der Waals surface area contributed by atoms with Crippen molar-refractivity contribution in [3.63, 3.8) is 0 Å². The van der Waals surface area contributed by atoms with Crippen molar-refractivity contribution in [1.82, 2.24) is 9.47 Å². The largest absolute Gasteiger partial charge is 0.396 e. The van der Waals surface area contributed by atoms with Gasteiger partial charge in [0.05, 0.1) is 0 Å². The molecule has 2 aliphatic rings. The number of piperidine rings is 1. The molecular formula is C21H24N2O3. The summed E-state index contributed by atoms with van der Waals surface area (Å²) in [7, 11) is 0. The van der Waals surface area contributed by atoms with Crippen LogP contribution in [0.3, 0.4) is 0 Å². The third-order valence-corrected chi connectivity index (χ3v) is 5.69. The van der Waals surface area contributed by atoms with Crippen molar-refractivity contribution in [1.29, 1.82) is 0 Å². The molecule has 26 heavy (non-hydrogen) atoms. The summed E-state index contributed by atoms with van der Waals surface area (Å²) in [6.45, 7) is 3.91. The zero-order chi connectivity index (χ0) is 18.3. The summed E-state index contributed by atoms with van der Waals surface area (Å²) in [6.07, 6.45) is 1.68. The van der Waals surface area contributed by atoms with Crippen molar-refractivity contribution < 1.29 is 9.90 Å². The summed E-state index contributed by atoms with van der Waals surface area (Å²) in [5, 5.41) is 9.05. The quantitative estimate of drug-likeness (QED) is 0.919. The standard InChI is InChI=1S/C21H24N2O3/c1-14(25)22-11-16-8-19(13-22)20-9-18(10-21(26)23(20)12-16)17-4-2-15(3-5-17)6-7-24/h2-5,9-10,16,19,24H,6-8,11-13H2,1H3/t16-,19+/m0/s1. The molecule has 0 spiro atoms. The molecule has 3 heterocycles. The van der Waals surface area contributed by atoms with Gasteiger partial charge in [0, 0.05) is 50.8 Å². The summed E-state index contributed by atoms with van der Waals surface area (Å²) in [5.41, 5.74) is 4.11. The van der Waals surface area contributed by atoms with Crippen LogP contribution < -0.4 is 5.56 Å². The van der Waals surface area contributed by atoms with E-state index >= 15 is 0 Å². The van der Waals surface area contributed by atoms with E-state index in [9.17, 15) is 9.59 Å². The fourth-order valence-corrected chi connectivity index (χ4v) is 4.38. The van der Waals surface area contributed by atoms with Gasteiger partial charge >= 0.3 is 0 Å². The SMILES string of the molecule is CC(=O)N1C[C@@H]2C[C@H](C1)c1cc(-c3ccc(CCO)cc3)cc(=O)n1C2. The lowest BCUT2D eigenvalue weighted by atomic mass is 9.82. The molecule has 4 rings (SSSR count). The molecule has 0 saturated carbocycles. The summed E-state index contributed by atoms with van der Waals surface area (Å²) in [4.78, 5) is 26.5. The number of likely N-dealkylation sites (tertiary alicyclic amines) is 1. The van der Waals surface area contributed by atoms with Gasteiger partial charge in [-0.1, -0.05) is 24.3 Å². The molecule has 136 valence electrons. The molecule has 1 fully saturated rings. The Morgan fingerprint density at radius 3 is 2.58 bits per heavy atom. The lowest BCUT2D eigenvalue weighted by molar-refractivity contribution is -0.131. The Morgan fingerprint density at radius 1 is 1.12 bits per heavy atom. The van der Waals surface area contributed by atoms with Crippen LogP contribution in [0, 0.1) is 5.92 Å². The minimum Gasteiger partial charge on any atom is -0.396 e. The maximum absolute atomic E-state index is 12.7. The van der Waals surface area contributed by atoms with Crippen molar-refractivity contribution >= 4 is 5.91 Å². The second kappa shape index (κ2) is 6.72. The maximum Gasteiger partial charge on any atom is 0.251 e. The summed E-state index contributed by atoms with van der Waals surface area (Å²) < 4.78 is 1.90. The highest BCUT2D eigenvalue weighted by Crippen LogP contribution is 2.36. The normalized spacial score (nSPS) is 21.4. The zero-order valence-electron chi connectivity index (χ0n) is 15.0. The van der Waals surface area contributed by atoms with E-state index in [1.54, 1.807) is 13.0 Å². The average Bonchev–Trinajstić information content (AvgIpc) is 2.63. The van der Waals surface area contributed by atoms with E-state index in [4.69, 9.17) is 5.11 Å². The molecule has 0 unspecified atom stereocenters. The van der Waals surface area contributed by atoms with Gasteiger partial charge in [-0.05, 0) is 41.5 Å². The molecule has 1 aromatic carbocycles. The Hall–Kier alpha value is -2.40. The summed E-state index contributed by atoms with van der Waals surface area (Å²) in [5.74, 6) is 0.713. The van der Waals surface area contributed by atoms with E-state index in [1.165, 1.54) is 0 Å². The van der Waals surface area contributed by atoms with Crippen LogP contribution in [0.5, 0.6) is 0 Å². The Balaban J connectivity index is 1.70. The highest BCUT2D eigenvalue weighted by atomic mass is 16.3. The second-order valence-corrected chi connectivity index (χ2v) is 7.51. The van der Waals surface area contributed by atoms with E-state index in [0.717, 1.165) is 35.3 Å². The molecule has 5 heteroatoms. The van der Waals surface area contributed by atoms with Gasteiger partial charge in [-0.15, -0.1) is 0 Å². The van der Waals surface area contributed by atoms with Crippen molar-refractivity contribution in [2.75, 3.05) is 19.7 Å². The zero-order valence-corrected chi connectivity index (χ0v) is 15.0. The average molecular weight is 352 g/mol. The number of carbonyl (C=O) groups is 1. The molecule has 5 nitrogen and oxygen atoms in total.